The zero-order valence-electron chi connectivity index (χ0n) is 11.9. The van der Waals surface area contributed by atoms with Crippen LogP contribution in [0.1, 0.15) is 24.2 Å². The number of benzene rings is 2. The maximum absolute atomic E-state index is 11.6. The molecule has 0 fully saturated rings. The first-order chi connectivity index (χ1) is 9.79. The summed E-state index contributed by atoms with van der Waals surface area (Å²) in [5.41, 5.74) is 7.47. The zero-order chi connectivity index (χ0) is 15.6. The molecule has 0 heterocycles. The van der Waals surface area contributed by atoms with E-state index in [4.69, 9.17) is 15.6 Å². The average Bonchev–Trinajstić information content (AvgIpc) is 2.42. The van der Waals surface area contributed by atoms with Crippen LogP contribution in [-0.4, -0.2) is 8.42 Å². The summed E-state index contributed by atoms with van der Waals surface area (Å²) in [5, 5.41) is 5.20. The van der Waals surface area contributed by atoms with Crippen LogP contribution in [0.4, 0.5) is 5.69 Å². The van der Waals surface area contributed by atoms with Gasteiger partial charge in [0.25, 0.3) is 0 Å². The molecular formula is C15H18N2O3S. The van der Waals surface area contributed by atoms with Crippen molar-refractivity contribution in [2.45, 2.75) is 24.8 Å². The fraction of sp³-hybridized carbons (Fsp3) is 0.200. The fourth-order valence-electron chi connectivity index (χ4n) is 2.08. The largest absolute Gasteiger partial charge is 0.486 e. The second-order valence-corrected chi connectivity index (χ2v) is 6.39. The van der Waals surface area contributed by atoms with Gasteiger partial charge in [0.15, 0.2) is 0 Å². The minimum absolute atomic E-state index is 0.0160. The second-order valence-electron chi connectivity index (χ2n) is 4.86. The average molecular weight is 306 g/mol. The lowest BCUT2D eigenvalue weighted by Gasteiger charge is -2.18. The van der Waals surface area contributed by atoms with Crippen molar-refractivity contribution < 1.29 is 13.2 Å². The van der Waals surface area contributed by atoms with Crippen LogP contribution in [-0.2, 0) is 10.0 Å². The Morgan fingerprint density at radius 3 is 2.33 bits per heavy atom. The molecule has 0 amide bonds. The van der Waals surface area contributed by atoms with E-state index in [1.165, 1.54) is 6.07 Å². The van der Waals surface area contributed by atoms with E-state index in [-0.39, 0.29) is 11.0 Å². The third kappa shape index (κ3) is 3.53. The predicted octanol–water partition coefficient (Wildman–Crippen LogP) is 2.36. The van der Waals surface area contributed by atoms with Crippen molar-refractivity contribution in [3.63, 3.8) is 0 Å². The van der Waals surface area contributed by atoms with Gasteiger partial charge in [0, 0.05) is 17.3 Å². The van der Waals surface area contributed by atoms with Gasteiger partial charge < -0.3 is 10.5 Å². The first-order valence-electron chi connectivity index (χ1n) is 6.43. The van der Waals surface area contributed by atoms with E-state index >= 15 is 0 Å². The van der Waals surface area contributed by atoms with E-state index in [0.29, 0.717) is 17.0 Å². The van der Waals surface area contributed by atoms with Crippen LogP contribution in [0.25, 0.3) is 0 Å². The molecule has 0 spiro atoms. The van der Waals surface area contributed by atoms with Gasteiger partial charge in [-0.15, -0.1) is 0 Å². The van der Waals surface area contributed by atoms with E-state index in [2.05, 4.69) is 0 Å². The number of primary sulfonamides is 1. The number of anilines is 1. The molecule has 112 valence electrons. The van der Waals surface area contributed by atoms with Gasteiger partial charge in [0.2, 0.25) is 10.0 Å². The Morgan fingerprint density at radius 2 is 1.76 bits per heavy atom. The van der Waals surface area contributed by atoms with Crippen LogP contribution >= 0.6 is 0 Å². The Labute approximate surface area is 124 Å². The minimum atomic E-state index is -3.84. The van der Waals surface area contributed by atoms with Gasteiger partial charge in [-0.1, -0.05) is 30.3 Å². The van der Waals surface area contributed by atoms with Crippen molar-refractivity contribution in [3.8, 4) is 5.75 Å². The highest BCUT2D eigenvalue weighted by Crippen LogP contribution is 2.31. The number of nitrogen functional groups attached to an aromatic ring is 1. The first-order valence-corrected chi connectivity index (χ1v) is 7.98. The summed E-state index contributed by atoms with van der Waals surface area (Å²) in [6.45, 7) is 3.53. The Hall–Kier alpha value is -2.05. The molecule has 0 aliphatic carbocycles. The van der Waals surface area contributed by atoms with Crippen molar-refractivity contribution in [3.05, 3.63) is 53.6 Å². The molecule has 0 radical (unpaired) electrons. The topological polar surface area (TPSA) is 95.4 Å². The quantitative estimate of drug-likeness (QED) is 0.848. The first kappa shape index (κ1) is 15.3. The molecule has 21 heavy (non-hydrogen) atoms. The van der Waals surface area contributed by atoms with Gasteiger partial charge in [0.1, 0.15) is 11.9 Å². The number of nitrogens with two attached hydrogens (primary N) is 2. The van der Waals surface area contributed by atoms with E-state index in [1.807, 2.05) is 37.3 Å². The Morgan fingerprint density at radius 1 is 1.14 bits per heavy atom. The summed E-state index contributed by atoms with van der Waals surface area (Å²) in [6.07, 6.45) is -0.236. The van der Waals surface area contributed by atoms with Crippen LogP contribution in [0.3, 0.4) is 0 Å². The molecule has 5 nitrogen and oxygen atoms in total. The summed E-state index contributed by atoms with van der Waals surface area (Å²) in [5.74, 6) is 0.412. The Balaban J connectivity index is 2.39. The summed E-state index contributed by atoms with van der Waals surface area (Å²) in [7, 11) is -3.84. The molecule has 6 heteroatoms. The van der Waals surface area contributed by atoms with Crippen LogP contribution in [0.5, 0.6) is 5.75 Å². The van der Waals surface area contributed by atoms with Crippen LogP contribution in [0.2, 0.25) is 0 Å². The van der Waals surface area contributed by atoms with E-state index < -0.39 is 10.0 Å². The van der Waals surface area contributed by atoms with E-state index in [1.54, 1.807) is 13.0 Å². The van der Waals surface area contributed by atoms with Gasteiger partial charge >= 0.3 is 0 Å². The number of rotatable bonds is 4. The number of sulfonamides is 1. The fourth-order valence-corrected chi connectivity index (χ4v) is 2.91. The van der Waals surface area contributed by atoms with Crippen molar-refractivity contribution in [2.75, 3.05) is 5.73 Å². The van der Waals surface area contributed by atoms with E-state index in [0.717, 1.165) is 5.56 Å². The lowest BCUT2D eigenvalue weighted by atomic mass is 10.1. The number of hydrogen-bond acceptors (Lipinski definition) is 4. The predicted molar refractivity (Wildman–Crippen MR) is 82.4 cm³/mol. The highest BCUT2D eigenvalue weighted by molar-refractivity contribution is 7.89. The lowest BCUT2D eigenvalue weighted by molar-refractivity contribution is 0.225. The molecule has 0 aliphatic heterocycles. The van der Waals surface area contributed by atoms with Crippen LogP contribution < -0.4 is 15.6 Å². The zero-order valence-corrected chi connectivity index (χ0v) is 12.7. The summed E-state index contributed by atoms with van der Waals surface area (Å²) in [4.78, 5) is -0.0160. The molecule has 1 unspecified atom stereocenters. The molecule has 2 aromatic rings. The molecule has 2 aromatic carbocycles. The SMILES string of the molecule is Cc1c(OC(C)c2ccccc2)cc(N)cc1S(N)(=O)=O. The number of ether oxygens (including phenoxy) is 1. The van der Waals surface area contributed by atoms with Gasteiger partial charge in [0.05, 0.1) is 4.90 Å². The van der Waals surface area contributed by atoms with Crippen molar-refractivity contribution >= 4 is 15.7 Å². The monoisotopic (exact) mass is 306 g/mol. The minimum Gasteiger partial charge on any atom is -0.486 e. The molecule has 0 aromatic heterocycles. The van der Waals surface area contributed by atoms with E-state index in [9.17, 15) is 8.42 Å². The highest BCUT2D eigenvalue weighted by Gasteiger charge is 2.18. The molecule has 2 rings (SSSR count). The summed E-state index contributed by atoms with van der Waals surface area (Å²) in [6, 6.07) is 12.6. The maximum Gasteiger partial charge on any atom is 0.238 e. The summed E-state index contributed by atoms with van der Waals surface area (Å²) >= 11 is 0. The lowest BCUT2D eigenvalue weighted by Crippen LogP contribution is -2.15. The van der Waals surface area contributed by atoms with Crippen molar-refractivity contribution in [2.24, 2.45) is 5.14 Å². The third-order valence-corrected chi connectivity index (χ3v) is 4.25. The molecule has 0 saturated heterocycles. The Kier molecular flexibility index (Phi) is 4.20. The molecule has 1 atom stereocenters. The number of hydrogen-bond donors (Lipinski definition) is 2. The molecule has 4 N–H and O–H groups in total. The van der Waals surface area contributed by atoms with Crippen molar-refractivity contribution in [1.29, 1.82) is 0 Å². The molecule has 0 saturated carbocycles. The smallest absolute Gasteiger partial charge is 0.238 e. The van der Waals surface area contributed by atoms with Crippen LogP contribution in [0.15, 0.2) is 47.4 Å². The summed E-state index contributed by atoms with van der Waals surface area (Å²) < 4.78 is 29.0. The second kappa shape index (κ2) is 5.75. The standard InChI is InChI=1S/C15H18N2O3S/c1-10-14(8-13(16)9-15(10)21(17,18)19)20-11(2)12-6-4-3-5-7-12/h3-9,11H,16H2,1-2H3,(H2,17,18,19). The van der Waals surface area contributed by atoms with Crippen molar-refractivity contribution in [1.82, 2.24) is 0 Å². The molecule has 0 aliphatic rings. The normalized spacial score (nSPS) is 12.9. The molecule has 0 bridgehead atoms. The third-order valence-electron chi connectivity index (χ3n) is 3.21. The Bertz CT molecular complexity index is 743. The van der Waals surface area contributed by atoms with Gasteiger partial charge in [-0.3, -0.25) is 0 Å². The highest BCUT2D eigenvalue weighted by atomic mass is 32.2. The maximum atomic E-state index is 11.6. The molecular weight excluding hydrogens is 288 g/mol. The van der Waals surface area contributed by atoms with Gasteiger partial charge in [-0.05, 0) is 25.5 Å². The van der Waals surface area contributed by atoms with Crippen LogP contribution in [0, 0.1) is 6.92 Å². The van der Waals surface area contributed by atoms with Gasteiger partial charge in [-0.2, -0.15) is 0 Å². The van der Waals surface area contributed by atoms with Gasteiger partial charge in [-0.25, -0.2) is 13.6 Å².